The van der Waals surface area contributed by atoms with Crippen LogP contribution < -0.4 is 0 Å². The van der Waals surface area contributed by atoms with Crippen molar-refractivity contribution in [1.29, 1.82) is 0 Å². The molecule has 184 valence electrons. The molecule has 2 aromatic carbocycles. The smallest absolute Gasteiger partial charge is 0.256 e. The molecule has 0 spiro atoms. The Morgan fingerprint density at radius 3 is 2.67 bits per heavy atom. The number of oxazole rings is 1. The van der Waals surface area contributed by atoms with Crippen LogP contribution in [0.15, 0.2) is 75.5 Å². The summed E-state index contributed by atoms with van der Waals surface area (Å²) in [6, 6.07) is 14.7. The van der Waals surface area contributed by atoms with Gasteiger partial charge in [0.15, 0.2) is 11.5 Å². The van der Waals surface area contributed by atoms with Gasteiger partial charge in [0.05, 0.1) is 5.56 Å². The molecule has 2 fully saturated rings. The fraction of sp³-hybridized carbons (Fsp3) is 0.310. The highest BCUT2D eigenvalue weighted by Crippen LogP contribution is 2.36. The van der Waals surface area contributed by atoms with Gasteiger partial charge in [0.2, 0.25) is 0 Å². The van der Waals surface area contributed by atoms with Crippen LogP contribution in [0.3, 0.4) is 0 Å². The first-order valence-corrected chi connectivity index (χ1v) is 13.4. The van der Waals surface area contributed by atoms with E-state index in [-0.39, 0.29) is 17.6 Å². The summed E-state index contributed by atoms with van der Waals surface area (Å²) < 4.78 is 19.0. The fourth-order valence-corrected chi connectivity index (χ4v) is 6.26. The molecule has 0 saturated carbocycles. The van der Waals surface area contributed by atoms with Crippen molar-refractivity contribution < 1.29 is 13.6 Å². The van der Waals surface area contributed by atoms with E-state index in [9.17, 15) is 9.18 Å². The van der Waals surface area contributed by atoms with Crippen molar-refractivity contribution in [3.8, 4) is 0 Å². The minimum absolute atomic E-state index is 0.00690. The van der Waals surface area contributed by atoms with Gasteiger partial charge < -0.3 is 14.2 Å². The average Bonchev–Trinajstić information content (AvgIpc) is 3.63. The average molecular weight is 502 g/mol. The number of rotatable bonds is 4. The van der Waals surface area contributed by atoms with Crippen LogP contribution in [0.1, 0.15) is 52.1 Å². The summed E-state index contributed by atoms with van der Waals surface area (Å²) in [6.45, 7) is 4.96. The topological polar surface area (TPSA) is 49.6 Å². The number of aromatic nitrogens is 1. The lowest BCUT2D eigenvalue weighted by molar-refractivity contribution is 0.0795. The summed E-state index contributed by atoms with van der Waals surface area (Å²) in [7, 11) is 0. The van der Waals surface area contributed by atoms with Crippen LogP contribution in [0.2, 0.25) is 0 Å². The van der Waals surface area contributed by atoms with E-state index in [1.165, 1.54) is 16.7 Å². The van der Waals surface area contributed by atoms with E-state index in [0.29, 0.717) is 41.6 Å². The van der Waals surface area contributed by atoms with E-state index in [0.717, 1.165) is 25.9 Å². The summed E-state index contributed by atoms with van der Waals surface area (Å²) in [5, 5.41) is 4.29. The third-order valence-electron chi connectivity index (χ3n) is 7.43. The molecule has 5 nitrogen and oxygen atoms in total. The summed E-state index contributed by atoms with van der Waals surface area (Å²) in [6.07, 6.45) is 4.36. The minimum atomic E-state index is -0.185. The number of carbonyl (C=O) groups is 1. The lowest BCUT2D eigenvalue weighted by Crippen LogP contribution is -2.30. The second-order valence-electron chi connectivity index (χ2n) is 9.75. The van der Waals surface area contributed by atoms with Crippen LogP contribution in [0.4, 0.5) is 4.39 Å². The van der Waals surface area contributed by atoms with E-state index < -0.39 is 0 Å². The molecule has 1 unspecified atom stereocenters. The zero-order chi connectivity index (χ0) is 24.6. The molecule has 1 amide bonds. The number of fused-ring (bicyclic) bond motifs is 1. The van der Waals surface area contributed by atoms with Crippen LogP contribution in [0, 0.1) is 12.7 Å². The summed E-state index contributed by atoms with van der Waals surface area (Å²) in [5.74, 6) is 1.02. The number of hydrogen-bond acceptors (Lipinski definition) is 5. The van der Waals surface area contributed by atoms with Gasteiger partial charge in [-0.15, -0.1) is 0 Å². The molecule has 2 saturated heterocycles. The molecular formula is C29H28FN3O2S. The summed E-state index contributed by atoms with van der Waals surface area (Å²) >= 11 is 1.69. The number of amides is 1. The first-order valence-electron chi connectivity index (χ1n) is 12.4. The summed E-state index contributed by atoms with van der Waals surface area (Å²) in [4.78, 5) is 22.4. The highest BCUT2D eigenvalue weighted by Gasteiger charge is 2.34. The number of halogens is 1. The van der Waals surface area contributed by atoms with Crippen LogP contribution in [-0.4, -0.2) is 46.9 Å². The van der Waals surface area contributed by atoms with Crippen molar-refractivity contribution in [1.82, 2.24) is 14.8 Å². The van der Waals surface area contributed by atoms with Crippen molar-refractivity contribution in [2.45, 2.75) is 31.6 Å². The van der Waals surface area contributed by atoms with Crippen LogP contribution >= 0.6 is 11.3 Å². The third kappa shape index (κ3) is 4.44. The number of carbonyl (C=O) groups excluding carboxylic acids is 1. The lowest BCUT2D eigenvalue weighted by atomic mass is 9.89. The van der Waals surface area contributed by atoms with E-state index in [2.05, 4.69) is 32.9 Å². The number of benzene rings is 2. The van der Waals surface area contributed by atoms with Crippen molar-refractivity contribution in [3.63, 3.8) is 0 Å². The maximum absolute atomic E-state index is 13.6. The molecule has 2 aromatic heterocycles. The normalized spacial score (nSPS) is 20.1. The van der Waals surface area contributed by atoms with Gasteiger partial charge in [0.1, 0.15) is 11.3 Å². The Kier molecular flexibility index (Phi) is 6.09. The number of thiophene rings is 1. The molecule has 2 aliphatic heterocycles. The monoisotopic (exact) mass is 501 g/mol. The molecule has 0 N–H and O–H groups in total. The van der Waals surface area contributed by atoms with Gasteiger partial charge >= 0.3 is 0 Å². The number of piperidine rings is 1. The van der Waals surface area contributed by atoms with E-state index >= 15 is 0 Å². The fourth-order valence-electron chi connectivity index (χ4n) is 5.54. The predicted octanol–water partition coefficient (Wildman–Crippen LogP) is 6.34. The van der Waals surface area contributed by atoms with Crippen LogP contribution in [0.5, 0.6) is 0 Å². The van der Waals surface area contributed by atoms with Crippen LogP contribution in [0.25, 0.3) is 11.1 Å². The van der Waals surface area contributed by atoms with Crippen molar-refractivity contribution in [2.75, 3.05) is 26.2 Å². The Bertz CT molecular complexity index is 1400. The largest absolute Gasteiger partial charge is 0.441 e. The molecule has 7 heteroatoms. The SMILES string of the molecule is Cc1nc2c(C(=O)N3C/C(=C\N4CCC(c5ccc(F)cc5)CC4)C(c4ccsc4)C3)cccc2o1. The Morgan fingerprint density at radius 1 is 1.11 bits per heavy atom. The number of likely N-dealkylation sites (tertiary alicyclic amines) is 2. The Labute approximate surface area is 213 Å². The highest BCUT2D eigenvalue weighted by molar-refractivity contribution is 7.08. The van der Waals surface area contributed by atoms with Gasteiger partial charge in [-0.05, 0) is 76.6 Å². The minimum Gasteiger partial charge on any atom is -0.441 e. The van der Waals surface area contributed by atoms with Gasteiger partial charge in [-0.2, -0.15) is 11.3 Å². The first kappa shape index (κ1) is 23.0. The Hall–Kier alpha value is -3.45. The Morgan fingerprint density at radius 2 is 1.92 bits per heavy atom. The first-order chi connectivity index (χ1) is 17.5. The second-order valence-corrected chi connectivity index (χ2v) is 10.5. The van der Waals surface area contributed by atoms with Crippen LogP contribution in [-0.2, 0) is 0 Å². The molecule has 36 heavy (non-hydrogen) atoms. The quantitative estimate of drug-likeness (QED) is 0.327. The highest BCUT2D eigenvalue weighted by atomic mass is 32.1. The molecule has 0 radical (unpaired) electrons. The molecule has 4 heterocycles. The van der Waals surface area contributed by atoms with Gasteiger partial charge in [-0.1, -0.05) is 18.2 Å². The van der Waals surface area contributed by atoms with Gasteiger partial charge in [-0.3, -0.25) is 4.79 Å². The molecule has 4 aromatic rings. The van der Waals surface area contributed by atoms with Crippen molar-refractivity contribution in [2.24, 2.45) is 0 Å². The molecule has 6 rings (SSSR count). The summed E-state index contributed by atoms with van der Waals surface area (Å²) in [5.41, 5.74) is 5.62. The van der Waals surface area contributed by atoms with Gasteiger partial charge in [0.25, 0.3) is 5.91 Å². The van der Waals surface area contributed by atoms with E-state index in [4.69, 9.17) is 4.42 Å². The molecule has 1 atom stereocenters. The van der Waals surface area contributed by atoms with Crippen molar-refractivity contribution >= 4 is 28.3 Å². The molecule has 2 aliphatic rings. The van der Waals surface area contributed by atoms with Gasteiger partial charge in [0, 0.05) is 45.2 Å². The van der Waals surface area contributed by atoms with Gasteiger partial charge in [-0.25, -0.2) is 9.37 Å². The number of para-hydroxylation sites is 1. The van der Waals surface area contributed by atoms with Crippen molar-refractivity contribution in [3.05, 3.63) is 99.5 Å². The number of hydrogen-bond donors (Lipinski definition) is 0. The lowest BCUT2D eigenvalue weighted by Gasteiger charge is -2.32. The number of nitrogens with zero attached hydrogens (tertiary/aromatic N) is 3. The Balaban J connectivity index is 1.22. The predicted molar refractivity (Wildman–Crippen MR) is 140 cm³/mol. The van der Waals surface area contributed by atoms with E-state index in [1.54, 1.807) is 30.4 Å². The third-order valence-corrected chi connectivity index (χ3v) is 8.13. The maximum atomic E-state index is 13.6. The van der Waals surface area contributed by atoms with E-state index in [1.807, 2.05) is 35.2 Å². The molecular weight excluding hydrogens is 473 g/mol. The zero-order valence-electron chi connectivity index (χ0n) is 20.2. The zero-order valence-corrected chi connectivity index (χ0v) is 21.0. The maximum Gasteiger partial charge on any atom is 0.256 e. The second kappa shape index (κ2) is 9.54. The molecule has 0 aliphatic carbocycles. The number of aryl methyl sites for hydroxylation is 1. The molecule has 0 bridgehead atoms. The standard InChI is InChI=1S/C29H28FN3O2S/c1-19-31-28-25(3-2-4-27(28)35-19)29(34)33-16-23(26(17-33)22-11-14-36-18-22)15-32-12-9-21(10-13-32)20-5-7-24(30)8-6-20/h2-8,11,14-15,18,21,26H,9-10,12-13,16-17H2,1H3/b23-15+.